The number of ether oxygens (including phenoxy) is 1. The van der Waals surface area contributed by atoms with E-state index in [2.05, 4.69) is 26.6 Å². The van der Waals surface area contributed by atoms with Gasteiger partial charge in [-0.2, -0.15) is 0 Å². The number of nitrogens with one attached hydrogen (secondary N) is 2. The van der Waals surface area contributed by atoms with Crippen molar-refractivity contribution in [3.8, 4) is 10.4 Å². The van der Waals surface area contributed by atoms with Crippen molar-refractivity contribution in [2.45, 2.75) is 6.92 Å². The number of benzene rings is 2. The lowest BCUT2D eigenvalue weighted by Crippen LogP contribution is -2.20. The van der Waals surface area contributed by atoms with Crippen LogP contribution in [0.15, 0.2) is 59.1 Å². The molecule has 0 aliphatic carbocycles. The Kier molecular flexibility index (Phi) is 6.26. The van der Waals surface area contributed by atoms with Crippen molar-refractivity contribution < 1.29 is 9.53 Å². The van der Waals surface area contributed by atoms with Crippen LogP contribution >= 0.6 is 39.5 Å². The van der Waals surface area contributed by atoms with Crippen molar-refractivity contribution in [1.82, 2.24) is 0 Å². The van der Waals surface area contributed by atoms with Crippen molar-refractivity contribution in [2.75, 3.05) is 17.7 Å². The number of thiophene rings is 1. The summed E-state index contributed by atoms with van der Waals surface area (Å²) in [5.41, 5.74) is 3.47. The third-order valence-corrected chi connectivity index (χ3v) is 5.76. The van der Waals surface area contributed by atoms with Gasteiger partial charge in [0.05, 0.1) is 18.4 Å². The normalized spacial score (nSPS) is 10.3. The second-order valence-corrected chi connectivity index (χ2v) is 8.09. The maximum absolute atomic E-state index is 12.2. The topological polar surface area (TPSA) is 50.4 Å². The fourth-order valence-corrected chi connectivity index (χ4v) is 4.39. The highest BCUT2D eigenvalue weighted by Gasteiger charge is 2.18. The molecule has 0 fully saturated rings. The average Bonchev–Trinajstić information content (AvgIpc) is 3.08. The molecule has 27 heavy (non-hydrogen) atoms. The number of rotatable bonds is 4. The van der Waals surface area contributed by atoms with E-state index in [4.69, 9.17) is 17.0 Å². The smallest absolute Gasteiger partial charge is 0.340 e. The summed E-state index contributed by atoms with van der Waals surface area (Å²) in [6.45, 7) is 2.02. The summed E-state index contributed by atoms with van der Waals surface area (Å²) in [6.07, 6.45) is 0. The van der Waals surface area contributed by atoms with E-state index in [1.54, 1.807) is 0 Å². The van der Waals surface area contributed by atoms with Crippen LogP contribution in [0.3, 0.4) is 0 Å². The van der Waals surface area contributed by atoms with Crippen molar-refractivity contribution in [3.05, 3.63) is 70.2 Å². The second kappa shape index (κ2) is 8.65. The van der Waals surface area contributed by atoms with Gasteiger partial charge in [0.15, 0.2) is 5.11 Å². The Bertz CT molecular complexity index is 987. The predicted molar refractivity (Wildman–Crippen MR) is 120 cm³/mol. The molecule has 2 aromatic carbocycles. The van der Waals surface area contributed by atoms with Gasteiger partial charge in [-0.25, -0.2) is 4.79 Å². The number of hydrogen-bond acceptors (Lipinski definition) is 4. The molecule has 3 rings (SSSR count). The summed E-state index contributed by atoms with van der Waals surface area (Å²) in [5.74, 6) is -0.407. The minimum atomic E-state index is -0.407. The Morgan fingerprint density at radius 3 is 2.52 bits per heavy atom. The Morgan fingerprint density at radius 1 is 1.11 bits per heavy atom. The lowest BCUT2D eigenvalue weighted by atomic mass is 10.1. The van der Waals surface area contributed by atoms with Crippen LogP contribution in [0.4, 0.5) is 10.7 Å². The molecule has 0 aliphatic heterocycles. The van der Waals surface area contributed by atoms with Crippen LogP contribution in [0.25, 0.3) is 10.4 Å². The van der Waals surface area contributed by atoms with Crippen molar-refractivity contribution in [2.24, 2.45) is 0 Å². The fourth-order valence-electron chi connectivity index (χ4n) is 2.47. The number of hydrogen-bond donors (Lipinski definition) is 2. The van der Waals surface area contributed by atoms with Crippen LogP contribution < -0.4 is 10.6 Å². The number of anilines is 2. The largest absolute Gasteiger partial charge is 0.465 e. The molecule has 0 unspecified atom stereocenters. The standard InChI is InChI=1S/C20H17BrN2O2S2/c1-12-8-9-16(15(21)10-12)22-20(26)23-18-14(19(24)25-2)11-17(27-18)13-6-4-3-5-7-13/h3-11H,1-2H3,(H2,22,23,26). The lowest BCUT2D eigenvalue weighted by Gasteiger charge is -2.12. The maximum Gasteiger partial charge on any atom is 0.340 e. The van der Waals surface area contributed by atoms with Crippen LogP contribution in [0.1, 0.15) is 15.9 Å². The molecule has 3 aromatic rings. The SMILES string of the molecule is COC(=O)c1cc(-c2ccccc2)sc1NC(=S)Nc1ccc(C)cc1Br. The summed E-state index contributed by atoms with van der Waals surface area (Å²) in [5, 5.41) is 7.31. The van der Waals surface area contributed by atoms with E-state index in [0.29, 0.717) is 15.7 Å². The van der Waals surface area contributed by atoms with Gasteiger partial charge in [0.1, 0.15) is 5.00 Å². The molecule has 1 aromatic heterocycles. The minimum Gasteiger partial charge on any atom is -0.465 e. The van der Waals surface area contributed by atoms with Gasteiger partial charge in [0.2, 0.25) is 0 Å². The lowest BCUT2D eigenvalue weighted by molar-refractivity contribution is 0.0602. The first-order valence-electron chi connectivity index (χ1n) is 8.09. The average molecular weight is 461 g/mol. The number of halogens is 1. The van der Waals surface area contributed by atoms with Crippen LogP contribution in [-0.4, -0.2) is 18.2 Å². The van der Waals surface area contributed by atoms with Gasteiger partial charge in [-0.1, -0.05) is 36.4 Å². The molecule has 0 radical (unpaired) electrons. The first kappa shape index (κ1) is 19.5. The Hall–Kier alpha value is -2.22. The highest BCUT2D eigenvalue weighted by atomic mass is 79.9. The fraction of sp³-hybridized carbons (Fsp3) is 0.100. The molecule has 138 valence electrons. The van der Waals surface area contributed by atoms with Gasteiger partial charge in [0.25, 0.3) is 0 Å². The molecular weight excluding hydrogens is 444 g/mol. The number of carbonyl (C=O) groups is 1. The van der Waals surface area contributed by atoms with E-state index in [0.717, 1.165) is 26.2 Å². The monoisotopic (exact) mass is 460 g/mol. The zero-order valence-electron chi connectivity index (χ0n) is 14.7. The van der Waals surface area contributed by atoms with E-state index in [9.17, 15) is 4.79 Å². The molecular formula is C20H17BrN2O2S2. The summed E-state index contributed by atoms with van der Waals surface area (Å²) in [7, 11) is 1.37. The van der Waals surface area contributed by atoms with E-state index in [-0.39, 0.29) is 0 Å². The molecule has 0 saturated heterocycles. The minimum absolute atomic E-state index is 0.395. The van der Waals surface area contributed by atoms with E-state index in [1.165, 1.54) is 18.4 Å². The van der Waals surface area contributed by atoms with Crippen LogP contribution in [0, 0.1) is 6.92 Å². The molecule has 1 heterocycles. The van der Waals surface area contributed by atoms with Gasteiger partial charge < -0.3 is 15.4 Å². The Morgan fingerprint density at radius 2 is 1.85 bits per heavy atom. The summed E-state index contributed by atoms with van der Waals surface area (Å²) < 4.78 is 5.83. The number of thiocarbonyl (C=S) groups is 1. The molecule has 4 nitrogen and oxygen atoms in total. The zero-order valence-corrected chi connectivity index (χ0v) is 17.9. The molecule has 7 heteroatoms. The summed E-state index contributed by atoms with van der Waals surface area (Å²) in [6, 6.07) is 17.6. The van der Waals surface area contributed by atoms with Crippen LogP contribution in [0.5, 0.6) is 0 Å². The number of aryl methyl sites for hydroxylation is 1. The van der Waals surface area contributed by atoms with Crippen LogP contribution in [0.2, 0.25) is 0 Å². The third-order valence-electron chi connectivity index (χ3n) is 3.80. The quantitative estimate of drug-likeness (QED) is 0.364. The van der Waals surface area contributed by atoms with Crippen LogP contribution in [-0.2, 0) is 4.74 Å². The number of carbonyl (C=O) groups excluding carboxylic acids is 1. The molecule has 0 aliphatic rings. The van der Waals surface area contributed by atoms with Gasteiger partial charge in [0, 0.05) is 9.35 Å². The number of methoxy groups -OCH3 is 1. The molecule has 2 N–H and O–H groups in total. The summed E-state index contributed by atoms with van der Waals surface area (Å²) >= 11 is 10.4. The predicted octanol–water partition coefficient (Wildman–Crippen LogP) is 6.08. The highest BCUT2D eigenvalue weighted by molar-refractivity contribution is 9.10. The van der Waals surface area contributed by atoms with E-state index in [1.807, 2.05) is 61.5 Å². The first-order valence-corrected chi connectivity index (χ1v) is 10.1. The van der Waals surface area contributed by atoms with Gasteiger partial charge in [-0.15, -0.1) is 11.3 Å². The molecule has 0 atom stereocenters. The number of esters is 1. The zero-order chi connectivity index (χ0) is 19.4. The molecule has 0 saturated carbocycles. The highest BCUT2D eigenvalue weighted by Crippen LogP contribution is 2.36. The van der Waals surface area contributed by atoms with Gasteiger partial charge in [-0.3, -0.25) is 0 Å². The van der Waals surface area contributed by atoms with E-state index < -0.39 is 5.97 Å². The second-order valence-electron chi connectivity index (χ2n) is 5.77. The van der Waals surface area contributed by atoms with Gasteiger partial charge in [-0.05, 0) is 64.4 Å². The van der Waals surface area contributed by atoms with Crippen molar-refractivity contribution in [3.63, 3.8) is 0 Å². The third kappa shape index (κ3) is 4.74. The first-order chi connectivity index (χ1) is 13.0. The molecule has 0 spiro atoms. The summed E-state index contributed by atoms with van der Waals surface area (Å²) in [4.78, 5) is 13.1. The van der Waals surface area contributed by atoms with Crippen molar-refractivity contribution >= 4 is 61.3 Å². The molecule has 0 bridgehead atoms. The van der Waals surface area contributed by atoms with Crippen molar-refractivity contribution in [1.29, 1.82) is 0 Å². The van der Waals surface area contributed by atoms with E-state index >= 15 is 0 Å². The molecule has 0 amide bonds. The maximum atomic E-state index is 12.2. The Balaban J connectivity index is 1.85. The Labute approximate surface area is 175 Å². The van der Waals surface area contributed by atoms with Gasteiger partial charge >= 0.3 is 5.97 Å².